The Morgan fingerprint density at radius 2 is 2.07 bits per heavy atom. The number of aliphatic imine (C=N–C) groups is 1. The van der Waals surface area contributed by atoms with Gasteiger partial charge in [-0.25, -0.2) is 0 Å². The smallest absolute Gasteiger partial charge is 0.193 e. The number of hydrogen-bond donors (Lipinski definition) is 1. The Morgan fingerprint density at radius 1 is 1.21 bits per heavy atom. The molecule has 6 nitrogen and oxygen atoms in total. The number of anilines is 1. The molecule has 1 aliphatic heterocycles. The van der Waals surface area contributed by atoms with Crippen LogP contribution in [0.2, 0.25) is 0 Å². The van der Waals surface area contributed by atoms with Gasteiger partial charge >= 0.3 is 0 Å². The van der Waals surface area contributed by atoms with Gasteiger partial charge in [0.05, 0.1) is 12.9 Å². The Morgan fingerprint density at radius 3 is 2.76 bits per heavy atom. The van der Waals surface area contributed by atoms with Crippen molar-refractivity contribution in [3.8, 4) is 0 Å². The molecular formula is C22H33IN4O2. The normalized spacial score (nSPS) is 16.4. The molecule has 1 unspecified atom stereocenters. The molecule has 0 bridgehead atoms. The van der Waals surface area contributed by atoms with Gasteiger partial charge in [0.1, 0.15) is 5.76 Å². The van der Waals surface area contributed by atoms with Gasteiger partial charge in [-0.3, -0.25) is 4.99 Å². The first kappa shape index (κ1) is 23.5. The number of hydrogen-bond acceptors (Lipinski definition) is 4. The highest BCUT2D eigenvalue weighted by atomic mass is 127. The van der Waals surface area contributed by atoms with Gasteiger partial charge in [0.25, 0.3) is 0 Å². The summed E-state index contributed by atoms with van der Waals surface area (Å²) in [5, 5.41) is 3.50. The number of ether oxygens (including phenoxy) is 1. The van der Waals surface area contributed by atoms with Gasteiger partial charge in [0, 0.05) is 65.4 Å². The highest BCUT2D eigenvalue weighted by Gasteiger charge is 2.16. The van der Waals surface area contributed by atoms with Gasteiger partial charge in [-0.05, 0) is 36.2 Å². The quantitative estimate of drug-likeness (QED) is 0.333. The molecule has 2 heterocycles. The lowest BCUT2D eigenvalue weighted by molar-refractivity contribution is 0.187. The molecule has 2 aromatic rings. The summed E-state index contributed by atoms with van der Waals surface area (Å²) in [6.07, 6.45) is 3.65. The fourth-order valence-electron chi connectivity index (χ4n) is 3.29. The maximum Gasteiger partial charge on any atom is 0.193 e. The molecule has 0 spiro atoms. The summed E-state index contributed by atoms with van der Waals surface area (Å²) in [5.41, 5.74) is 2.47. The molecule has 0 aliphatic carbocycles. The molecular weight excluding hydrogens is 479 g/mol. The van der Waals surface area contributed by atoms with Crippen LogP contribution in [0.5, 0.6) is 0 Å². The van der Waals surface area contributed by atoms with Gasteiger partial charge in [-0.15, -0.1) is 24.0 Å². The molecule has 160 valence electrons. The van der Waals surface area contributed by atoms with E-state index in [4.69, 9.17) is 14.1 Å². The summed E-state index contributed by atoms with van der Waals surface area (Å²) in [6.45, 7) is 4.06. The number of nitrogens with zero attached hydrogens (tertiary/aromatic N) is 3. The fourth-order valence-corrected chi connectivity index (χ4v) is 3.29. The standard InChI is InChI=1S/C22H32N4O2.HI/c1-25(2)20-7-4-6-18(14-20)16-26(3)22(24-15-19-10-13-27-17-19)23-11-9-21-8-5-12-28-21;/h4-8,12,14,19H,9-11,13,15-17H2,1-3H3,(H,23,24);1H. The molecule has 0 saturated carbocycles. The van der Waals surface area contributed by atoms with Crippen LogP contribution in [0, 0.1) is 5.92 Å². The average Bonchev–Trinajstić information content (AvgIpc) is 3.38. The zero-order chi connectivity index (χ0) is 19.8. The third kappa shape index (κ3) is 7.54. The van der Waals surface area contributed by atoms with Crippen molar-refractivity contribution in [2.75, 3.05) is 52.3 Å². The number of furan rings is 1. The van der Waals surface area contributed by atoms with Crippen molar-refractivity contribution in [2.24, 2.45) is 10.9 Å². The minimum Gasteiger partial charge on any atom is -0.469 e. The molecule has 1 atom stereocenters. The molecule has 0 amide bonds. The zero-order valence-corrected chi connectivity index (χ0v) is 20.0. The van der Waals surface area contributed by atoms with E-state index in [2.05, 4.69) is 60.5 Å². The van der Waals surface area contributed by atoms with Crippen LogP contribution in [0.3, 0.4) is 0 Å². The third-order valence-corrected chi connectivity index (χ3v) is 4.97. The van der Waals surface area contributed by atoms with E-state index in [9.17, 15) is 0 Å². The monoisotopic (exact) mass is 512 g/mol. The van der Waals surface area contributed by atoms with Crippen LogP contribution in [0.1, 0.15) is 17.7 Å². The predicted molar refractivity (Wildman–Crippen MR) is 129 cm³/mol. The van der Waals surface area contributed by atoms with E-state index < -0.39 is 0 Å². The van der Waals surface area contributed by atoms with Crippen LogP contribution in [0.25, 0.3) is 0 Å². The van der Waals surface area contributed by atoms with Crippen LogP contribution in [0.4, 0.5) is 5.69 Å². The maximum atomic E-state index is 5.49. The lowest BCUT2D eigenvalue weighted by Crippen LogP contribution is -2.40. The first-order chi connectivity index (χ1) is 13.6. The van der Waals surface area contributed by atoms with Gasteiger partial charge < -0.3 is 24.3 Å². The van der Waals surface area contributed by atoms with Crippen molar-refractivity contribution in [2.45, 2.75) is 19.4 Å². The number of halogens is 1. The number of benzene rings is 1. The van der Waals surface area contributed by atoms with Gasteiger partial charge in [-0.1, -0.05) is 12.1 Å². The molecule has 1 aliphatic rings. The van der Waals surface area contributed by atoms with Crippen molar-refractivity contribution in [3.63, 3.8) is 0 Å². The van der Waals surface area contributed by atoms with Crippen LogP contribution >= 0.6 is 24.0 Å². The summed E-state index contributed by atoms with van der Waals surface area (Å²) in [6, 6.07) is 12.5. The van der Waals surface area contributed by atoms with Crippen LogP contribution < -0.4 is 10.2 Å². The first-order valence-electron chi connectivity index (χ1n) is 9.97. The fraction of sp³-hybridized carbons (Fsp3) is 0.500. The number of nitrogens with one attached hydrogen (secondary N) is 1. The summed E-state index contributed by atoms with van der Waals surface area (Å²) < 4.78 is 10.9. The largest absolute Gasteiger partial charge is 0.469 e. The molecule has 1 saturated heterocycles. The first-order valence-corrected chi connectivity index (χ1v) is 9.97. The molecule has 1 aromatic carbocycles. The molecule has 1 N–H and O–H groups in total. The Bertz CT molecular complexity index is 743. The minimum atomic E-state index is 0. The average molecular weight is 512 g/mol. The van der Waals surface area contributed by atoms with E-state index in [-0.39, 0.29) is 24.0 Å². The molecule has 0 radical (unpaired) electrons. The maximum absolute atomic E-state index is 5.49. The van der Waals surface area contributed by atoms with Gasteiger partial charge in [0.2, 0.25) is 0 Å². The van der Waals surface area contributed by atoms with E-state index in [1.807, 2.05) is 12.1 Å². The summed E-state index contributed by atoms with van der Waals surface area (Å²) in [4.78, 5) is 9.20. The molecule has 3 rings (SSSR count). The highest BCUT2D eigenvalue weighted by molar-refractivity contribution is 14.0. The second-order valence-electron chi connectivity index (χ2n) is 7.57. The Balaban J connectivity index is 0.00000300. The summed E-state index contributed by atoms with van der Waals surface area (Å²) >= 11 is 0. The van der Waals surface area contributed by atoms with Crippen molar-refractivity contribution in [1.82, 2.24) is 10.2 Å². The van der Waals surface area contributed by atoms with Gasteiger partial charge in [0.15, 0.2) is 5.96 Å². The topological polar surface area (TPSA) is 53.2 Å². The van der Waals surface area contributed by atoms with Crippen molar-refractivity contribution >= 4 is 35.6 Å². The lowest BCUT2D eigenvalue weighted by Gasteiger charge is -2.24. The van der Waals surface area contributed by atoms with E-state index in [0.29, 0.717) is 5.92 Å². The summed E-state index contributed by atoms with van der Waals surface area (Å²) in [5.74, 6) is 2.43. The lowest BCUT2D eigenvalue weighted by atomic mass is 10.1. The minimum absolute atomic E-state index is 0. The number of guanidine groups is 1. The van der Waals surface area contributed by atoms with Crippen LogP contribution in [0.15, 0.2) is 52.1 Å². The third-order valence-electron chi connectivity index (χ3n) is 4.97. The molecule has 29 heavy (non-hydrogen) atoms. The van der Waals surface area contributed by atoms with Gasteiger partial charge in [-0.2, -0.15) is 0 Å². The number of rotatable bonds is 8. The van der Waals surface area contributed by atoms with Crippen LogP contribution in [-0.4, -0.2) is 58.3 Å². The SMILES string of the molecule is CN(Cc1cccc(N(C)C)c1)C(=NCC1CCOC1)NCCc1ccco1.I. The molecule has 1 aromatic heterocycles. The highest BCUT2D eigenvalue weighted by Crippen LogP contribution is 2.15. The van der Waals surface area contributed by atoms with Crippen molar-refractivity contribution in [1.29, 1.82) is 0 Å². The van der Waals surface area contributed by atoms with E-state index in [1.54, 1.807) is 6.26 Å². The van der Waals surface area contributed by atoms with E-state index in [1.165, 1.54) is 11.3 Å². The Kier molecular flexibility index (Phi) is 9.80. The van der Waals surface area contributed by atoms with E-state index in [0.717, 1.165) is 57.4 Å². The van der Waals surface area contributed by atoms with Crippen molar-refractivity contribution in [3.05, 3.63) is 54.0 Å². The second-order valence-corrected chi connectivity index (χ2v) is 7.57. The molecule has 7 heteroatoms. The predicted octanol–water partition coefficient (Wildman–Crippen LogP) is 3.62. The zero-order valence-electron chi connectivity index (χ0n) is 17.6. The van der Waals surface area contributed by atoms with Crippen LogP contribution in [-0.2, 0) is 17.7 Å². The Labute approximate surface area is 191 Å². The summed E-state index contributed by atoms with van der Waals surface area (Å²) in [7, 11) is 6.22. The Hall–Kier alpha value is -1.74. The second kappa shape index (κ2) is 12.1. The molecule has 1 fully saturated rings. The van der Waals surface area contributed by atoms with E-state index >= 15 is 0 Å². The van der Waals surface area contributed by atoms with Crippen molar-refractivity contribution < 1.29 is 9.15 Å².